The van der Waals surface area contributed by atoms with Crippen molar-refractivity contribution in [2.45, 2.75) is 18.9 Å². The van der Waals surface area contributed by atoms with Gasteiger partial charge in [0, 0.05) is 46.6 Å². The van der Waals surface area contributed by atoms with E-state index in [0.29, 0.717) is 0 Å². The van der Waals surface area contributed by atoms with Gasteiger partial charge in [0.25, 0.3) is 0 Å². The average molecular weight is 302 g/mol. The molecule has 118 valence electrons. The molecule has 1 aliphatic rings. The van der Waals surface area contributed by atoms with Crippen LogP contribution in [0.4, 0.5) is 10.6 Å². The molecule has 1 aliphatic heterocycles. The summed E-state index contributed by atoms with van der Waals surface area (Å²) in [5.74, 6) is 0.940. The lowest BCUT2D eigenvalue weighted by atomic mass is 10.0. The van der Waals surface area contributed by atoms with Crippen LogP contribution < -0.4 is 4.90 Å². The molecule has 1 atom stereocenters. The second-order valence-corrected chi connectivity index (χ2v) is 5.94. The number of amides is 2. The second-order valence-electron chi connectivity index (χ2n) is 5.94. The number of aromatic nitrogens is 3. The summed E-state index contributed by atoms with van der Waals surface area (Å²) in [7, 11) is 5.45. The van der Waals surface area contributed by atoms with Crippen molar-refractivity contribution in [3.63, 3.8) is 0 Å². The summed E-state index contributed by atoms with van der Waals surface area (Å²) in [6.07, 6.45) is 7.47. The number of urea groups is 1. The first kappa shape index (κ1) is 14.6. The Labute approximate surface area is 130 Å². The van der Waals surface area contributed by atoms with Gasteiger partial charge in [-0.2, -0.15) is 5.10 Å². The number of hydrogen-bond donors (Lipinski definition) is 0. The van der Waals surface area contributed by atoms with Crippen molar-refractivity contribution in [3.8, 4) is 0 Å². The van der Waals surface area contributed by atoms with Gasteiger partial charge in [0.05, 0.1) is 12.2 Å². The highest BCUT2D eigenvalue weighted by atomic mass is 16.2. The van der Waals surface area contributed by atoms with Gasteiger partial charge in [-0.15, -0.1) is 0 Å². The van der Waals surface area contributed by atoms with Crippen molar-refractivity contribution < 1.29 is 4.79 Å². The summed E-state index contributed by atoms with van der Waals surface area (Å²) in [5, 5.41) is 4.26. The third kappa shape index (κ3) is 2.58. The number of likely N-dealkylation sites (N-methyl/N-ethyl adjacent to an activating group) is 1. The first-order valence-electron chi connectivity index (χ1n) is 7.55. The minimum Gasteiger partial charge on any atom is -0.353 e. The van der Waals surface area contributed by atoms with E-state index in [-0.39, 0.29) is 12.1 Å². The molecule has 22 heavy (non-hydrogen) atoms. The van der Waals surface area contributed by atoms with E-state index >= 15 is 0 Å². The van der Waals surface area contributed by atoms with Crippen LogP contribution in [0.15, 0.2) is 24.7 Å². The number of carbonyl (C=O) groups excluding carboxylic acids is 1. The van der Waals surface area contributed by atoms with Gasteiger partial charge in [-0.25, -0.2) is 14.3 Å². The maximum atomic E-state index is 12.2. The molecule has 2 aromatic heterocycles. The smallest absolute Gasteiger partial charge is 0.319 e. The Bertz CT molecular complexity index is 667. The number of carbonyl (C=O) groups is 1. The molecule has 1 saturated heterocycles. The zero-order valence-electron chi connectivity index (χ0n) is 13.3. The minimum atomic E-state index is 0.0439. The molecule has 0 radical (unpaired) electrons. The van der Waals surface area contributed by atoms with Crippen LogP contribution in [-0.4, -0.2) is 70.7 Å². The third-order valence-corrected chi connectivity index (χ3v) is 4.23. The van der Waals surface area contributed by atoms with Gasteiger partial charge in [-0.3, -0.25) is 0 Å². The van der Waals surface area contributed by atoms with Gasteiger partial charge >= 0.3 is 6.03 Å². The van der Waals surface area contributed by atoms with Gasteiger partial charge in [0.15, 0.2) is 5.82 Å². The summed E-state index contributed by atoms with van der Waals surface area (Å²) in [5.41, 5.74) is 1.00. The SMILES string of the molecule is CN(C)C(=O)N(C)C1CCCN(c2nccn3nccc23)C1. The number of nitrogens with zero attached hydrogens (tertiary/aromatic N) is 6. The van der Waals surface area contributed by atoms with Crippen LogP contribution >= 0.6 is 0 Å². The molecule has 1 unspecified atom stereocenters. The number of hydrogen-bond acceptors (Lipinski definition) is 4. The number of fused-ring (bicyclic) bond motifs is 1. The minimum absolute atomic E-state index is 0.0439. The fraction of sp³-hybridized carbons (Fsp3) is 0.533. The van der Waals surface area contributed by atoms with Crippen LogP contribution in [0.5, 0.6) is 0 Å². The predicted octanol–water partition coefficient (Wildman–Crippen LogP) is 1.31. The summed E-state index contributed by atoms with van der Waals surface area (Å²) in [4.78, 5) is 22.4. The molecule has 0 spiro atoms. The predicted molar refractivity (Wildman–Crippen MR) is 85.1 cm³/mol. The van der Waals surface area contributed by atoms with Gasteiger partial charge in [0.1, 0.15) is 5.52 Å². The van der Waals surface area contributed by atoms with Gasteiger partial charge in [-0.05, 0) is 18.9 Å². The fourth-order valence-electron chi connectivity index (χ4n) is 3.02. The van der Waals surface area contributed by atoms with Crippen LogP contribution in [0.25, 0.3) is 5.52 Å². The Morgan fingerprint density at radius 3 is 2.91 bits per heavy atom. The molecule has 3 rings (SSSR count). The van der Waals surface area contributed by atoms with Crippen molar-refractivity contribution >= 4 is 17.4 Å². The first-order chi connectivity index (χ1) is 10.6. The molecule has 0 saturated carbocycles. The lowest BCUT2D eigenvalue weighted by Gasteiger charge is -2.39. The summed E-state index contributed by atoms with van der Waals surface area (Å²) < 4.78 is 1.83. The van der Waals surface area contributed by atoms with E-state index in [2.05, 4.69) is 15.0 Å². The standard InChI is InChI=1S/C15H22N6O/c1-18(2)15(22)19(3)12-5-4-9-20(11-12)14-13-6-7-17-21(13)10-8-16-14/h6-8,10,12H,4-5,9,11H2,1-3H3. The zero-order chi connectivity index (χ0) is 15.7. The Kier molecular flexibility index (Phi) is 3.87. The maximum Gasteiger partial charge on any atom is 0.319 e. The number of rotatable bonds is 2. The van der Waals surface area contributed by atoms with E-state index in [1.807, 2.05) is 28.7 Å². The third-order valence-electron chi connectivity index (χ3n) is 4.23. The Hall–Kier alpha value is -2.31. The van der Waals surface area contributed by atoms with E-state index in [0.717, 1.165) is 37.3 Å². The quantitative estimate of drug-likeness (QED) is 0.839. The second kappa shape index (κ2) is 5.82. The first-order valence-corrected chi connectivity index (χ1v) is 7.55. The highest BCUT2D eigenvalue weighted by Gasteiger charge is 2.28. The van der Waals surface area contributed by atoms with E-state index in [1.54, 1.807) is 31.4 Å². The molecular weight excluding hydrogens is 280 g/mol. The molecule has 0 aliphatic carbocycles. The maximum absolute atomic E-state index is 12.2. The van der Waals surface area contributed by atoms with Crippen molar-refractivity contribution in [2.75, 3.05) is 39.1 Å². The molecule has 0 N–H and O–H groups in total. The molecule has 7 nitrogen and oxygen atoms in total. The Morgan fingerprint density at radius 1 is 1.32 bits per heavy atom. The lowest BCUT2D eigenvalue weighted by Crippen LogP contribution is -2.51. The van der Waals surface area contributed by atoms with Crippen molar-refractivity contribution in [1.29, 1.82) is 0 Å². The van der Waals surface area contributed by atoms with E-state index in [1.165, 1.54) is 0 Å². The molecule has 0 aromatic carbocycles. The molecule has 0 bridgehead atoms. The average Bonchev–Trinajstić information content (AvgIpc) is 3.02. The van der Waals surface area contributed by atoms with Gasteiger partial charge in [0.2, 0.25) is 0 Å². The molecule has 1 fully saturated rings. The van der Waals surface area contributed by atoms with Gasteiger partial charge < -0.3 is 14.7 Å². The monoisotopic (exact) mass is 302 g/mol. The van der Waals surface area contributed by atoms with Crippen molar-refractivity contribution in [2.24, 2.45) is 0 Å². The normalized spacial score (nSPS) is 18.5. The van der Waals surface area contributed by atoms with E-state index in [4.69, 9.17) is 0 Å². The Balaban J connectivity index is 1.81. The molecule has 3 heterocycles. The van der Waals surface area contributed by atoms with E-state index < -0.39 is 0 Å². The Morgan fingerprint density at radius 2 is 2.14 bits per heavy atom. The summed E-state index contributed by atoms with van der Waals surface area (Å²) in [6.45, 7) is 1.76. The van der Waals surface area contributed by atoms with Crippen molar-refractivity contribution in [3.05, 3.63) is 24.7 Å². The largest absolute Gasteiger partial charge is 0.353 e. The molecule has 7 heteroatoms. The van der Waals surface area contributed by atoms with Crippen LogP contribution in [0.1, 0.15) is 12.8 Å². The summed E-state index contributed by atoms with van der Waals surface area (Å²) in [6, 6.07) is 2.22. The fourth-order valence-corrected chi connectivity index (χ4v) is 3.02. The lowest BCUT2D eigenvalue weighted by molar-refractivity contribution is 0.157. The zero-order valence-corrected chi connectivity index (χ0v) is 13.3. The van der Waals surface area contributed by atoms with Crippen LogP contribution in [0.2, 0.25) is 0 Å². The van der Waals surface area contributed by atoms with Crippen LogP contribution in [-0.2, 0) is 0 Å². The van der Waals surface area contributed by atoms with E-state index in [9.17, 15) is 4.79 Å². The molecule has 2 amide bonds. The highest BCUT2D eigenvalue weighted by molar-refractivity contribution is 5.74. The van der Waals surface area contributed by atoms with Gasteiger partial charge in [-0.1, -0.05) is 0 Å². The number of piperidine rings is 1. The topological polar surface area (TPSA) is 57.0 Å². The number of anilines is 1. The van der Waals surface area contributed by atoms with Crippen LogP contribution in [0, 0.1) is 0 Å². The van der Waals surface area contributed by atoms with Crippen LogP contribution in [0.3, 0.4) is 0 Å². The van der Waals surface area contributed by atoms with Crippen molar-refractivity contribution in [1.82, 2.24) is 24.4 Å². The molecular formula is C15H22N6O. The summed E-state index contributed by atoms with van der Waals surface area (Å²) >= 11 is 0. The highest BCUT2D eigenvalue weighted by Crippen LogP contribution is 2.24. The molecule has 2 aromatic rings.